The van der Waals surface area contributed by atoms with Gasteiger partial charge in [-0.3, -0.25) is 14.5 Å². The Labute approximate surface area is 209 Å². The summed E-state index contributed by atoms with van der Waals surface area (Å²) in [5.74, 6) is -0.373. The first-order chi connectivity index (χ1) is 16.5. The highest BCUT2D eigenvalue weighted by Gasteiger charge is 2.30. The Hall–Kier alpha value is -3.22. The minimum absolute atomic E-state index is 0.0299. The Balaban J connectivity index is 1.39. The third kappa shape index (κ3) is 6.01. The monoisotopic (exact) mass is 491 g/mol. The molecule has 3 aromatic carbocycles. The van der Waals surface area contributed by atoms with Crippen LogP contribution in [0.15, 0.2) is 88.7 Å². The number of carbonyl (C=O) groups excluding carboxylic acids is 2. The standard InChI is InChI=1S/C27H26ClN3O2S/c1-30(22-11-3-2-4-12-22)16-8-15-29-26(32)19-31-23-13-5-6-14-24(23)34-25(27(31)33)18-20-9-7-10-21(28)17-20/h2-7,9-14,17-18H,8,15-16,19H2,1H3,(H,29,32). The van der Waals surface area contributed by atoms with E-state index in [4.69, 9.17) is 11.6 Å². The summed E-state index contributed by atoms with van der Waals surface area (Å²) in [4.78, 5) is 31.2. The number of benzene rings is 3. The summed E-state index contributed by atoms with van der Waals surface area (Å²) < 4.78 is 0. The number of rotatable bonds is 8. The van der Waals surface area contributed by atoms with Gasteiger partial charge in [-0.05, 0) is 54.5 Å². The number of thioether (sulfide) groups is 1. The van der Waals surface area contributed by atoms with Crippen LogP contribution < -0.4 is 15.1 Å². The second-order valence-electron chi connectivity index (χ2n) is 7.99. The van der Waals surface area contributed by atoms with Gasteiger partial charge in [0, 0.05) is 35.7 Å². The molecule has 0 spiro atoms. The molecule has 0 aromatic heterocycles. The molecular formula is C27H26ClN3O2S. The molecule has 1 aliphatic heterocycles. The van der Waals surface area contributed by atoms with Crippen LogP contribution in [0.1, 0.15) is 12.0 Å². The van der Waals surface area contributed by atoms with Crippen LogP contribution in [0.2, 0.25) is 5.02 Å². The van der Waals surface area contributed by atoms with E-state index < -0.39 is 0 Å². The topological polar surface area (TPSA) is 52.7 Å². The van der Waals surface area contributed by atoms with Gasteiger partial charge in [-0.15, -0.1) is 0 Å². The van der Waals surface area contributed by atoms with Crippen LogP contribution in [0.4, 0.5) is 11.4 Å². The summed E-state index contributed by atoms with van der Waals surface area (Å²) in [5, 5.41) is 3.57. The molecule has 0 radical (unpaired) electrons. The number of fused-ring (bicyclic) bond motifs is 1. The first-order valence-electron chi connectivity index (χ1n) is 11.1. The zero-order valence-corrected chi connectivity index (χ0v) is 20.5. The Morgan fingerprint density at radius 1 is 1.06 bits per heavy atom. The molecule has 0 fully saturated rings. The lowest BCUT2D eigenvalue weighted by Gasteiger charge is -2.30. The van der Waals surface area contributed by atoms with Gasteiger partial charge in [0.1, 0.15) is 6.54 Å². The van der Waals surface area contributed by atoms with E-state index in [1.165, 1.54) is 11.8 Å². The number of carbonyl (C=O) groups is 2. The van der Waals surface area contributed by atoms with Crippen molar-refractivity contribution in [2.24, 2.45) is 0 Å². The fourth-order valence-electron chi connectivity index (χ4n) is 3.72. The molecule has 0 aliphatic carbocycles. The largest absolute Gasteiger partial charge is 0.375 e. The number of nitrogens with zero attached hydrogens (tertiary/aromatic N) is 2. The van der Waals surface area contributed by atoms with Crippen molar-refractivity contribution in [1.29, 1.82) is 0 Å². The fourth-order valence-corrected chi connectivity index (χ4v) is 4.98. The molecule has 0 unspecified atom stereocenters. The van der Waals surface area contributed by atoms with Crippen LogP contribution in [0, 0.1) is 0 Å². The molecule has 0 atom stereocenters. The van der Waals surface area contributed by atoms with Crippen molar-refractivity contribution in [3.8, 4) is 0 Å². The highest BCUT2D eigenvalue weighted by atomic mass is 35.5. The SMILES string of the molecule is CN(CCCNC(=O)CN1C(=O)C(=Cc2cccc(Cl)c2)Sc2ccccc21)c1ccccc1. The van der Waals surface area contributed by atoms with E-state index in [1.807, 2.05) is 73.8 Å². The second-order valence-corrected chi connectivity index (χ2v) is 9.51. The lowest BCUT2D eigenvalue weighted by Crippen LogP contribution is -2.43. The van der Waals surface area contributed by atoms with E-state index in [0.717, 1.165) is 34.8 Å². The number of halogens is 1. The molecule has 0 saturated heterocycles. The third-order valence-corrected chi connectivity index (χ3v) is 6.78. The van der Waals surface area contributed by atoms with Crippen LogP contribution in [0.25, 0.3) is 6.08 Å². The van der Waals surface area contributed by atoms with Gasteiger partial charge in [0.05, 0.1) is 10.6 Å². The first-order valence-corrected chi connectivity index (χ1v) is 12.3. The smallest absolute Gasteiger partial charge is 0.265 e. The lowest BCUT2D eigenvalue weighted by atomic mass is 10.2. The van der Waals surface area contributed by atoms with E-state index in [-0.39, 0.29) is 18.4 Å². The summed E-state index contributed by atoms with van der Waals surface area (Å²) in [6, 6.07) is 25.1. The van der Waals surface area contributed by atoms with Gasteiger partial charge in [-0.2, -0.15) is 0 Å². The number of para-hydroxylation sites is 2. The minimum atomic E-state index is -0.192. The number of hydrogen-bond donors (Lipinski definition) is 1. The van der Waals surface area contributed by atoms with Gasteiger partial charge in [-0.25, -0.2) is 0 Å². The van der Waals surface area contributed by atoms with Gasteiger partial charge in [0.25, 0.3) is 5.91 Å². The molecule has 1 heterocycles. The highest BCUT2D eigenvalue weighted by molar-refractivity contribution is 8.04. The summed E-state index contributed by atoms with van der Waals surface area (Å²) in [7, 11) is 2.03. The Morgan fingerprint density at radius 2 is 1.82 bits per heavy atom. The highest BCUT2D eigenvalue weighted by Crippen LogP contribution is 2.42. The number of hydrogen-bond acceptors (Lipinski definition) is 4. The van der Waals surface area contributed by atoms with Crippen LogP contribution in [-0.4, -0.2) is 38.5 Å². The van der Waals surface area contributed by atoms with Crippen molar-refractivity contribution in [3.05, 3.63) is 94.4 Å². The van der Waals surface area contributed by atoms with E-state index in [2.05, 4.69) is 22.3 Å². The predicted molar refractivity (Wildman–Crippen MR) is 141 cm³/mol. The van der Waals surface area contributed by atoms with Crippen molar-refractivity contribution in [2.45, 2.75) is 11.3 Å². The molecule has 34 heavy (non-hydrogen) atoms. The molecule has 1 N–H and O–H groups in total. The van der Waals surface area contributed by atoms with E-state index in [0.29, 0.717) is 16.5 Å². The number of anilines is 2. The summed E-state index contributed by atoms with van der Waals surface area (Å²) in [6.45, 7) is 1.33. The third-order valence-electron chi connectivity index (χ3n) is 5.47. The lowest BCUT2D eigenvalue weighted by molar-refractivity contribution is -0.122. The molecular weight excluding hydrogens is 466 g/mol. The molecule has 5 nitrogen and oxygen atoms in total. The van der Waals surface area contributed by atoms with Gasteiger partial charge in [0.15, 0.2) is 0 Å². The van der Waals surface area contributed by atoms with Gasteiger partial charge >= 0.3 is 0 Å². The zero-order chi connectivity index (χ0) is 23.9. The normalized spacial score (nSPS) is 14.1. The number of nitrogens with one attached hydrogen (secondary N) is 1. The van der Waals surface area contributed by atoms with Gasteiger partial charge in [0.2, 0.25) is 5.91 Å². The summed E-state index contributed by atoms with van der Waals surface area (Å²) in [5.41, 5.74) is 2.73. The maximum Gasteiger partial charge on any atom is 0.265 e. The first kappa shape index (κ1) is 23.9. The quantitative estimate of drug-likeness (QED) is 0.335. The molecule has 7 heteroatoms. The van der Waals surface area contributed by atoms with Crippen LogP contribution >= 0.6 is 23.4 Å². The molecule has 4 rings (SSSR count). The Morgan fingerprint density at radius 3 is 2.62 bits per heavy atom. The molecule has 174 valence electrons. The fraction of sp³-hybridized carbons (Fsp3) is 0.185. The molecule has 3 aromatic rings. The molecule has 0 bridgehead atoms. The van der Waals surface area contributed by atoms with Crippen molar-refractivity contribution in [3.63, 3.8) is 0 Å². The second kappa shape index (κ2) is 11.3. The molecule has 0 saturated carbocycles. The Kier molecular flexibility index (Phi) is 7.93. The molecule has 1 aliphatic rings. The minimum Gasteiger partial charge on any atom is -0.375 e. The van der Waals surface area contributed by atoms with Crippen LogP contribution in [-0.2, 0) is 9.59 Å². The van der Waals surface area contributed by atoms with Crippen molar-refractivity contribution >= 4 is 52.6 Å². The summed E-state index contributed by atoms with van der Waals surface area (Å²) >= 11 is 7.51. The predicted octanol–water partition coefficient (Wildman–Crippen LogP) is 5.46. The van der Waals surface area contributed by atoms with Crippen LogP contribution in [0.5, 0.6) is 0 Å². The molecule has 2 amide bonds. The van der Waals surface area contributed by atoms with E-state index in [1.54, 1.807) is 11.0 Å². The van der Waals surface area contributed by atoms with Crippen molar-refractivity contribution < 1.29 is 9.59 Å². The van der Waals surface area contributed by atoms with Crippen molar-refractivity contribution in [2.75, 3.05) is 36.5 Å². The zero-order valence-electron chi connectivity index (χ0n) is 18.9. The maximum absolute atomic E-state index is 13.3. The van der Waals surface area contributed by atoms with E-state index in [9.17, 15) is 9.59 Å². The number of amides is 2. The van der Waals surface area contributed by atoms with Crippen molar-refractivity contribution in [1.82, 2.24) is 5.32 Å². The summed E-state index contributed by atoms with van der Waals surface area (Å²) in [6.07, 6.45) is 2.62. The Bertz CT molecular complexity index is 1200. The van der Waals surface area contributed by atoms with Crippen LogP contribution in [0.3, 0.4) is 0 Å². The average Bonchev–Trinajstić information content (AvgIpc) is 2.85. The van der Waals surface area contributed by atoms with Gasteiger partial charge < -0.3 is 10.2 Å². The van der Waals surface area contributed by atoms with Gasteiger partial charge in [-0.1, -0.05) is 65.8 Å². The average molecular weight is 492 g/mol. The van der Waals surface area contributed by atoms with E-state index >= 15 is 0 Å². The maximum atomic E-state index is 13.3.